The summed E-state index contributed by atoms with van der Waals surface area (Å²) in [5.74, 6) is 0. The third-order valence-corrected chi connectivity index (χ3v) is 4.10. The van der Waals surface area contributed by atoms with Crippen molar-refractivity contribution in [3.8, 4) is 0 Å². The second-order valence-electron chi connectivity index (χ2n) is 6.40. The predicted octanol–water partition coefficient (Wildman–Crippen LogP) is 3.19. The van der Waals surface area contributed by atoms with E-state index in [1.54, 1.807) is 0 Å². The first-order valence-electron chi connectivity index (χ1n) is 10.0. The Kier molecular flexibility index (Phi) is 13.2. The van der Waals surface area contributed by atoms with Gasteiger partial charge in [-0.25, -0.2) is 0 Å². The molecule has 0 aliphatic carbocycles. The number of hydrogen-bond donors (Lipinski definition) is 0. The van der Waals surface area contributed by atoms with Crippen LogP contribution in [0.25, 0.3) is 0 Å². The molecule has 1 aromatic carbocycles. The molecule has 1 aliphatic heterocycles. The van der Waals surface area contributed by atoms with E-state index in [0.29, 0.717) is 59.5 Å². The Morgan fingerprint density at radius 2 is 1.41 bits per heavy atom. The number of benzene rings is 1. The molecule has 6 nitrogen and oxygen atoms in total. The molecular formula is C21H34O6. The molecule has 27 heavy (non-hydrogen) atoms. The van der Waals surface area contributed by atoms with Crippen molar-refractivity contribution in [2.75, 3.05) is 59.5 Å². The maximum absolute atomic E-state index is 5.60. The highest BCUT2D eigenvalue weighted by molar-refractivity contribution is 5.13. The SMILES string of the molecule is c1ccc(COCCCOCCOCCOCCOC2CCCCO2)cc1. The number of rotatable bonds is 16. The molecule has 1 atom stereocenters. The maximum Gasteiger partial charge on any atom is 0.157 e. The Morgan fingerprint density at radius 1 is 0.741 bits per heavy atom. The van der Waals surface area contributed by atoms with E-state index < -0.39 is 0 Å². The molecular weight excluding hydrogens is 348 g/mol. The van der Waals surface area contributed by atoms with Crippen LogP contribution in [0.15, 0.2) is 30.3 Å². The Morgan fingerprint density at radius 3 is 2.11 bits per heavy atom. The summed E-state index contributed by atoms with van der Waals surface area (Å²) in [5, 5.41) is 0. The van der Waals surface area contributed by atoms with Crippen LogP contribution in [0.5, 0.6) is 0 Å². The second-order valence-corrected chi connectivity index (χ2v) is 6.40. The first-order valence-corrected chi connectivity index (χ1v) is 10.0. The largest absolute Gasteiger partial charge is 0.379 e. The monoisotopic (exact) mass is 382 g/mol. The molecule has 0 radical (unpaired) electrons. The molecule has 0 amide bonds. The lowest BCUT2D eigenvalue weighted by Gasteiger charge is -2.22. The van der Waals surface area contributed by atoms with Crippen LogP contribution in [0.3, 0.4) is 0 Å². The van der Waals surface area contributed by atoms with E-state index in [-0.39, 0.29) is 6.29 Å². The first-order chi connectivity index (χ1) is 13.4. The molecule has 0 saturated carbocycles. The Labute approximate surface area is 163 Å². The molecule has 2 rings (SSSR count). The van der Waals surface area contributed by atoms with Crippen molar-refractivity contribution in [2.45, 2.75) is 38.6 Å². The molecule has 6 heteroatoms. The van der Waals surface area contributed by atoms with Crippen LogP contribution in [-0.4, -0.2) is 65.8 Å². The van der Waals surface area contributed by atoms with Crippen LogP contribution in [0, 0.1) is 0 Å². The fraction of sp³-hybridized carbons (Fsp3) is 0.714. The summed E-state index contributed by atoms with van der Waals surface area (Å²) in [6.45, 7) is 6.33. The average molecular weight is 382 g/mol. The lowest BCUT2D eigenvalue weighted by atomic mass is 10.2. The van der Waals surface area contributed by atoms with Crippen LogP contribution in [0.4, 0.5) is 0 Å². The Balaban J connectivity index is 1.24. The van der Waals surface area contributed by atoms with Crippen molar-refractivity contribution in [2.24, 2.45) is 0 Å². The Hall–Kier alpha value is -1.02. The maximum atomic E-state index is 5.60. The summed E-state index contributed by atoms with van der Waals surface area (Å²) in [6, 6.07) is 10.2. The minimum Gasteiger partial charge on any atom is -0.379 e. The summed E-state index contributed by atoms with van der Waals surface area (Å²) in [5.41, 5.74) is 1.20. The van der Waals surface area contributed by atoms with Gasteiger partial charge in [0, 0.05) is 19.8 Å². The molecule has 0 N–H and O–H groups in total. The van der Waals surface area contributed by atoms with Crippen LogP contribution in [0.2, 0.25) is 0 Å². The number of ether oxygens (including phenoxy) is 6. The molecule has 1 aliphatic rings. The summed E-state index contributed by atoms with van der Waals surface area (Å²) in [7, 11) is 0. The second kappa shape index (κ2) is 16.0. The zero-order valence-corrected chi connectivity index (χ0v) is 16.3. The van der Waals surface area contributed by atoms with Crippen molar-refractivity contribution in [3.05, 3.63) is 35.9 Å². The van der Waals surface area contributed by atoms with Gasteiger partial charge in [0.1, 0.15) is 0 Å². The van der Waals surface area contributed by atoms with Gasteiger partial charge < -0.3 is 28.4 Å². The third-order valence-electron chi connectivity index (χ3n) is 4.10. The van der Waals surface area contributed by atoms with E-state index in [1.807, 2.05) is 18.2 Å². The predicted molar refractivity (Wildman–Crippen MR) is 103 cm³/mol. The van der Waals surface area contributed by atoms with E-state index in [1.165, 1.54) is 12.0 Å². The lowest BCUT2D eigenvalue weighted by Crippen LogP contribution is -2.24. The summed E-state index contributed by atoms with van der Waals surface area (Å²) >= 11 is 0. The van der Waals surface area contributed by atoms with Gasteiger partial charge in [-0.3, -0.25) is 0 Å². The molecule has 0 aromatic heterocycles. The topological polar surface area (TPSA) is 55.4 Å². The molecule has 1 aromatic rings. The summed E-state index contributed by atoms with van der Waals surface area (Å²) in [4.78, 5) is 0. The van der Waals surface area contributed by atoms with Gasteiger partial charge in [-0.05, 0) is 31.2 Å². The summed E-state index contributed by atoms with van der Waals surface area (Å²) in [6.07, 6.45) is 4.16. The van der Waals surface area contributed by atoms with Gasteiger partial charge in [-0.2, -0.15) is 0 Å². The van der Waals surface area contributed by atoms with E-state index in [2.05, 4.69) is 12.1 Å². The minimum absolute atomic E-state index is 0.0421. The smallest absolute Gasteiger partial charge is 0.157 e. The quantitative estimate of drug-likeness (QED) is 0.409. The van der Waals surface area contributed by atoms with Crippen LogP contribution in [0.1, 0.15) is 31.2 Å². The van der Waals surface area contributed by atoms with Crippen LogP contribution >= 0.6 is 0 Å². The fourth-order valence-electron chi connectivity index (χ4n) is 2.65. The van der Waals surface area contributed by atoms with Crippen LogP contribution < -0.4 is 0 Å². The van der Waals surface area contributed by atoms with Crippen LogP contribution in [-0.2, 0) is 35.0 Å². The molecule has 0 bridgehead atoms. The highest BCUT2D eigenvalue weighted by Gasteiger charge is 2.13. The van der Waals surface area contributed by atoms with E-state index >= 15 is 0 Å². The van der Waals surface area contributed by atoms with Gasteiger partial charge in [-0.15, -0.1) is 0 Å². The highest BCUT2D eigenvalue weighted by atomic mass is 16.7. The van der Waals surface area contributed by atoms with Gasteiger partial charge in [0.15, 0.2) is 6.29 Å². The first kappa shape index (κ1) is 22.3. The molecule has 154 valence electrons. The van der Waals surface area contributed by atoms with Gasteiger partial charge in [-0.1, -0.05) is 30.3 Å². The minimum atomic E-state index is -0.0421. The molecule has 1 heterocycles. The molecule has 1 saturated heterocycles. The number of hydrogen-bond acceptors (Lipinski definition) is 6. The normalized spacial score (nSPS) is 17.3. The van der Waals surface area contributed by atoms with Gasteiger partial charge in [0.2, 0.25) is 0 Å². The average Bonchev–Trinajstić information content (AvgIpc) is 2.72. The molecule has 1 unspecified atom stereocenters. The van der Waals surface area contributed by atoms with Crippen molar-refractivity contribution >= 4 is 0 Å². The zero-order valence-electron chi connectivity index (χ0n) is 16.3. The standard InChI is InChI=1S/C21H34O6/c1-2-7-20(8-3-1)19-25-11-6-10-22-13-14-23-15-16-24-17-18-27-21-9-4-5-12-26-21/h1-3,7-8,21H,4-6,9-19H2. The Bertz CT molecular complexity index is 436. The van der Waals surface area contributed by atoms with Gasteiger partial charge in [0.05, 0.1) is 46.2 Å². The highest BCUT2D eigenvalue weighted by Crippen LogP contribution is 2.13. The molecule has 0 spiro atoms. The van der Waals surface area contributed by atoms with Crippen molar-refractivity contribution in [1.29, 1.82) is 0 Å². The molecule has 1 fully saturated rings. The zero-order chi connectivity index (χ0) is 18.8. The fourth-order valence-corrected chi connectivity index (χ4v) is 2.65. The van der Waals surface area contributed by atoms with E-state index in [4.69, 9.17) is 28.4 Å². The van der Waals surface area contributed by atoms with Crippen molar-refractivity contribution in [3.63, 3.8) is 0 Å². The third kappa shape index (κ3) is 12.1. The van der Waals surface area contributed by atoms with Crippen molar-refractivity contribution < 1.29 is 28.4 Å². The van der Waals surface area contributed by atoms with Gasteiger partial charge >= 0.3 is 0 Å². The van der Waals surface area contributed by atoms with E-state index in [0.717, 1.165) is 25.9 Å². The summed E-state index contributed by atoms with van der Waals surface area (Å²) < 4.78 is 33.1. The van der Waals surface area contributed by atoms with Crippen molar-refractivity contribution in [1.82, 2.24) is 0 Å². The lowest BCUT2D eigenvalue weighted by molar-refractivity contribution is -0.169. The van der Waals surface area contributed by atoms with Gasteiger partial charge in [0.25, 0.3) is 0 Å². The van der Waals surface area contributed by atoms with E-state index in [9.17, 15) is 0 Å².